The average Bonchev–Trinajstić information content (AvgIpc) is 3.01. The first-order valence-corrected chi connectivity index (χ1v) is 8.96. The Balaban J connectivity index is 1.68. The van der Waals surface area contributed by atoms with Crippen LogP contribution in [0.15, 0.2) is 0 Å². The van der Waals surface area contributed by atoms with Crippen molar-refractivity contribution < 1.29 is 9.53 Å². The minimum atomic E-state index is 0.0292. The number of ether oxygens (including phenoxy) is 1. The highest BCUT2D eigenvalue weighted by Gasteiger charge is 2.36. The van der Waals surface area contributed by atoms with Crippen molar-refractivity contribution in [1.82, 2.24) is 10.2 Å². The van der Waals surface area contributed by atoms with Crippen LogP contribution in [0.25, 0.3) is 0 Å². The largest absolute Gasteiger partial charge is 0.465 e. The van der Waals surface area contributed by atoms with E-state index in [2.05, 4.69) is 17.1 Å². The second-order valence-electron chi connectivity index (χ2n) is 6.46. The van der Waals surface area contributed by atoms with Crippen molar-refractivity contribution in [2.24, 2.45) is 0 Å². The third kappa shape index (κ3) is 5.26. The lowest BCUT2D eigenvalue weighted by molar-refractivity contribution is -0.150. The molecule has 2 fully saturated rings. The molecule has 4 heteroatoms. The molecule has 2 rings (SSSR count). The molecule has 0 aromatic carbocycles. The average molecular weight is 296 g/mol. The molecule has 0 bridgehead atoms. The Labute approximate surface area is 129 Å². The summed E-state index contributed by atoms with van der Waals surface area (Å²) in [4.78, 5) is 14.7. The third-order valence-electron chi connectivity index (χ3n) is 4.84. The second-order valence-corrected chi connectivity index (χ2v) is 6.46. The molecule has 2 aliphatic heterocycles. The van der Waals surface area contributed by atoms with Crippen LogP contribution in [0.3, 0.4) is 0 Å². The van der Waals surface area contributed by atoms with Gasteiger partial charge in [0, 0.05) is 6.04 Å². The summed E-state index contributed by atoms with van der Waals surface area (Å²) in [6, 6.07) is 0.611. The van der Waals surface area contributed by atoms with Crippen LogP contribution in [0.2, 0.25) is 0 Å². The molecule has 2 saturated heterocycles. The quantitative estimate of drug-likeness (QED) is 0.552. The molecule has 1 unspecified atom stereocenters. The first-order valence-electron chi connectivity index (χ1n) is 8.96. The highest BCUT2D eigenvalue weighted by Crippen LogP contribution is 2.25. The number of nitrogens with one attached hydrogen (secondary N) is 1. The van der Waals surface area contributed by atoms with Gasteiger partial charge in [0.25, 0.3) is 0 Å². The fourth-order valence-corrected chi connectivity index (χ4v) is 3.59. The summed E-state index contributed by atoms with van der Waals surface area (Å²) in [6.45, 7) is 6.07. The Morgan fingerprint density at radius 2 is 1.90 bits per heavy atom. The monoisotopic (exact) mass is 296 g/mol. The molecule has 0 radical (unpaired) electrons. The van der Waals surface area contributed by atoms with Gasteiger partial charge in [0.15, 0.2) is 0 Å². The summed E-state index contributed by atoms with van der Waals surface area (Å²) >= 11 is 0. The van der Waals surface area contributed by atoms with E-state index in [0.29, 0.717) is 12.6 Å². The fraction of sp³-hybridized carbons (Fsp3) is 0.941. The first kappa shape index (κ1) is 16.8. The lowest BCUT2D eigenvalue weighted by atomic mass is 10.0. The van der Waals surface area contributed by atoms with E-state index in [4.69, 9.17) is 4.74 Å². The highest BCUT2D eigenvalue weighted by molar-refractivity contribution is 5.76. The Hall–Kier alpha value is -0.610. The van der Waals surface area contributed by atoms with E-state index in [1.807, 2.05) is 0 Å². The van der Waals surface area contributed by atoms with E-state index in [1.54, 1.807) is 0 Å². The van der Waals surface area contributed by atoms with Crippen LogP contribution in [0.1, 0.15) is 64.7 Å². The summed E-state index contributed by atoms with van der Waals surface area (Å²) in [7, 11) is 0. The number of likely N-dealkylation sites (tertiary alicyclic amines) is 1. The van der Waals surface area contributed by atoms with Crippen molar-refractivity contribution in [2.45, 2.75) is 76.8 Å². The lowest BCUT2D eigenvalue weighted by Crippen LogP contribution is -2.48. The highest BCUT2D eigenvalue weighted by atomic mass is 16.5. The predicted octanol–water partition coefficient (Wildman–Crippen LogP) is 2.72. The van der Waals surface area contributed by atoms with Crippen LogP contribution < -0.4 is 5.32 Å². The topological polar surface area (TPSA) is 41.6 Å². The maximum absolute atomic E-state index is 12.3. The Kier molecular flexibility index (Phi) is 7.51. The minimum absolute atomic E-state index is 0.0292. The smallest absolute Gasteiger partial charge is 0.323 e. The maximum Gasteiger partial charge on any atom is 0.323 e. The predicted molar refractivity (Wildman–Crippen MR) is 85.3 cm³/mol. The molecule has 4 nitrogen and oxygen atoms in total. The summed E-state index contributed by atoms with van der Waals surface area (Å²) in [5.41, 5.74) is 0. The molecular formula is C17H32N2O2. The van der Waals surface area contributed by atoms with Gasteiger partial charge in [-0.2, -0.15) is 0 Å². The number of piperidine rings is 1. The minimum Gasteiger partial charge on any atom is -0.465 e. The lowest BCUT2D eigenvalue weighted by Gasteiger charge is -2.34. The molecule has 0 saturated carbocycles. The summed E-state index contributed by atoms with van der Waals surface area (Å²) in [5, 5.41) is 3.40. The van der Waals surface area contributed by atoms with Crippen molar-refractivity contribution in [3.05, 3.63) is 0 Å². The number of carbonyl (C=O) groups is 1. The Morgan fingerprint density at radius 1 is 1.14 bits per heavy atom. The number of hydrogen-bond donors (Lipinski definition) is 1. The molecule has 0 aromatic heterocycles. The summed E-state index contributed by atoms with van der Waals surface area (Å²) < 4.78 is 5.53. The van der Waals surface area contributed by atoms with Gasteiger partial charge in [-0.25, -0.2) is 0 Å². The zero-order chi connectivity index (χ0) is 14.9. The van der Waals surface area contributed by atoms with Crippen LogP contribution in [0, 0.1) is 0 Å². The van der Waals surface area contributed by atoms with E-state index < -0.39 is 0 Å². The van der Waals surface area contributed by atoms with Gasteiger partial charge in [-0.3, -0.25) is 9.69 Å². The van der Waals surface area contributed by atoms with E-state index in [9.17, 15) is 4.79 Å². The van der Waals surface area contributed by atoms with E-state index in [-0.39, 0.29) is 12.0 Å². The van der Waals surface area contributed by atoms with Gasteiger partial charge in [-0.15, -0.1) is 0 Å². The molecule has 0 spiro atoms. The van der Waals surface area contributed by atoms with Crippen LogP contribution in [0.5, 0.6) is 0 Å². The third-order valence-corrected chi connectivity index (χ3v) is 4.84. The molecule has 2 aliphatic rings. The van der Waals surface area contributed by atoms with Crippen molar-refractivity contribution in [2.75, 3.05) is 26.2 Å². The van der Waals surface area contributed by atoms with Crippen molar-refractivity contribution >= 4 is 5.97 Å². The number of carbonyl (C=O) groups excluding carboxylic acids is 1. The number of unbranched alkanes of at least 4 members (excludes halogenated alkanes) is 4. The van der Waals surface area contributed by atoms with E-state index in [0.717, 1.165) is 38.9 Å². The SMILES string of the molecule is CCCCCCCOC(=O)C1CCCN1C1CCNCC1. The molecule has 2 heterocycles. The van der Waals surface area contributed by atoms with Gasteiger partial charge >= 0.3 is 5.97 Å². The molecule has 0 aliphatic carbocycles. The van der Waals surface area contributed by atoms with E-state index >= 15 is 0 Å². The maximum atomic E-state index is 12.3. The van der Waals surface area contributed by atoms with Crippen LogP contribution in [-0.2, 0) is 9.53 Å². The van der Waals surface area contributed by atoms with Gasteiger partial charge in [0.2, 0.25) is 0 Å². The van der Waals surface area contributed by atoms with Crippen LogP contribution in [-0.4, -0.2) is 49.2 Å². The zero-order valence-corrected chi connectivity index (χ0v) is 13.6. The van der Waals surface area contributed by atoms with Gasteiger partial charge in [-0.05, 0) is 51.7 Å². The van der Waals surface area contributed by atoms with E-state index in [1.165, 1.54) is 38.5 Å². The zero-order valence-electron chi connectivity index (χ0n) is 13.6. The summed E-state index contributed by atoms with van der Waals surface area (Å²) in [6.07, 6.45) is 10.5. The molecule has 0 amide bonds. The number of esters is 1. The van der Waals surface area contributed by atoms with Gasteiger partial charge < -0.3 is 10.1 Å². The van der Waals surface area contributed by atoms with Gasteiger partial charge in [0.05, 0.1) is 6.61 Å². The van der Waals surface area contributed by atoms with Crippen LogP contribution >= 0.6 is 0 Å². The van der Waals surface area contributed by atoms with Crippen molar-refractivity contribution in [3.63, 3.8) is 0 Å². The molecular weight excluding hydrogens is 264 g/mol. The Bertz CT molecular complexity index is 303. The molecule has 122 valence electrons. The molecule has 1 N–H and O–H groups in total. The van der Waals surface area contributed by atoms with Gasteiger partial charge in [-0.1, -0.05) is 32.6 Å². The fourth-order valence-electron chi connectivity index (χ4n) is 3.59. The number of nitrogens with zero attached hydrogens (tertiary/aromatic N) is 1. The number of rotatable bonds is 8. The normalized spacial score (nSPS) is 24.3. The number of hydrogen-bond acceptors (Lipinski definition) is 4. The van der Waals surface area contributed by atoms with Crippen LogP contribution in [0.4, 0.5) is 0 Å². The molecule has 21 heavy (non-hydrogen) atoms. The second kappa shape index (κ2) is 9.42. The molecule has 1 atom stereocenters. The standard InChI is InChI=1S/C17H32N2O2/c1-2-3-4-5-6-14-21-17(20)16-8-7-13-19(16)15-9-11-18-12-10-15/h15-16,18H,2-14H2,1H3. The molecule has 0 aromatic rings. The Morgan fingerprint density at radius 3 is 2.67 bits per heavy atom. The van der Waals surface area contributed by atoms with Gasteiger partial charge in [0.1, 0.15) is 6.04 Å². The van der Waals surface area contributed by atoms with Crippen molar-refractivity contribution in [1.29, 1.82) is 0 Å². The van der Waals surface area contributed by atoms with Crippen molar-refractivity contribution in [3.8, 4) is 0 Å². The summed E-state index contributed by atoms with van der Waals surface area (Å²) in [5.74, 6) is 0.0292. The first-order chi connectivity index (χ1) is 10.3.